The number of nitro benzene ring substituents is 1. The zero-order valence-corrected chi connectivity index (χ0v) is 10.2. The first-order valence-corrected chi connectivity index (χ1v) is 5.32. The van der Waals surface area contributed by atoms with Gasteiger partial charge in [-0.15, -0.1) is 0 Å². The maximum absolute atomic E-state index is 11.7. The van der Waals surface area contributed by atoms with Gasteiger partial charge < -0.3 is 15.8 Å². The van der Waals surface area contributed by atoms with Crippen LogP contribution in [-0.4, -0.2) is 30.5 Å². The minimum absolute atomic E-state index is 0.115. The van der Waals surface area contributed by atoms with Crippen LogP contribution in [0.25, 0.3) is 0 Å². The molecule has 0 aliphatic rings. The molecule has 0 heterocycles. The number of nitro groups is 1. The van der Waals surface area contributed by atoms with Crippen LogP contribution in [0.2, 0.25) is 0 Å². The summed E-state index contributed by atoms with van der Waals surface area (Å²) >= 11 is 0. The van der Waals surface area contributed by atoms with Crippen molar-refractivity contribution in [3.63, 3.8) is 0 Å². The van der Waals surface area contributed by atoms with E-state index in [1.165, 1.54) is 25.3 Å². The van der Waals surface area contributed by atoms with Crippen molar-refractivity contribution in [2.24, 2.45) is 5.73 Å². The Kier molecular flexibility index (Phi) is 4.61. The third kappa shape index (κ3) is 3.42. The number of benzene rings is 1. The summed E-state index contributed by atoms with van der Waals surface area (Å²) < 4.78 is 4.85. The van der Waals surface area contributed by atoms with Crippen LogP contribution < -0.4 is 15.8 Å². The number of methoxy groups -OCH3 is 1. The third-order valence-electron chi connectivity index (χ3n) is 2.22. The van der Waals surface area contributed by atoms with E-state index in [4.69, 9.17) is 10.5 Å². The molecular weight excluding hydrogens is 238 g/mol. The van der Waals surface area contributed by atoms with Gasteiger partial charge in [0.2, 0.25) is 0 Å². The molecular formula is C11H15N3O4. The van der Waals surface area contributed by atoms with Crippen molar-refractivity contribution in [1.29, 1.82) is 0 Å². The number of nitrogens with zero attached hydrogens (tertiary/aromatic N) is 1. The van der Waals surface area contributed by atoms with Crippen molar-refractivity contribution >= 4 is 11.6 Å². The number of carbonyl (C=O) groups excluding carboxylic acids is 1. The number of hydrogen-bond donors (Lipinski definition) is 2. The van der Waals surface area contributed by atoms with Gasteiger partial charge in [0.25, 0.3) is 5.91 Å². The van der Waals surface area contributed by atoms with E-state index in [9.17, 15) is 14.9 Å². The van der Waals surface area contributed by atoms with Gasteiger partial charge in [0.05, 0.1) is 12.0 Å². The van der Waals surface area contributed by atoms with Crippen LogP contribution in [0.1, 0.15) is 17.3 Å². The minimum Gasteiger partial charge on any atom is -0.490 e. The van der Waals surface area contributed by atoms with Gasteiger partial charge >= 0.3 is 5.69 Å². The molecule has 0 radical (unpaired) electrons. The second-order valence-electron chi connectivity index (χ2n) is 3.83. The maximum atomic E-state index is 11.7. The van der Waals surface area contributed by atoms with Gasteiger partial charge in [-0.05, 0) is 19.1 Å². The monoisotopic (exact) mass is 253 g/mol. The lowest BCUT2D eigenvalue weighted by Crippen LogP contribution is -2.35. The Bertz CT molecular complexity index is 460. The molecule has 0 saturated carbocycles. The van der Waals surface area contributed by atoms with Crippen molar-refractivity contribution < 1.29 is 14.5 Å². The SMILES string of the molecule is COc1ccc(C(=O)NCC(C)N)cc1[N+](=O)[O-]. The summed E-state index contributed by atoms with van der Waals surface area (Å²) in [5, 5.41) is 13.4. The van der Waals surface area contributed by atoms with E-state index in [0.717, 1.165) is 0 Å². The molecule has 1 aromatic rings. The molecule has 1 rings (SSSR count). The molecule has 98 valence electrons. The van der Waals surface area contributed by atoms with Crippen molar-refractivity contribution in [2.75, 3.05) is 13.7 Å². The summed E-state index contributed by atoms with van der Waals surface area (Å²) in [6, 6.07) is 3.85. The lowest BCUT2D eigenvalue weighted by molar-refractivity contribution is -0.385. The Hall–Kier alpha value is -2.15. The zero-order chi connectivity index (χ0) is 13.7. The van der Waals surface area contributed by atoms with Crippen LogP contribution in [0.3, 0.4) is 0 Å². The smallest absolute Gasteiger partial charge is 0.311 e. The number of hydrogen-bond acceptors (Lipinski definition) is 5. The number of nitrogens with one attached hydrogen (secondary N) is 1. The zero-order valence-electron chi connectivity index (χ0n) is 10.2. The highest BCUT2D eigenvalue weighted by molar-refractivity contribution is 5.95. The molecule has 18 heavy (non-hydrogen) atoms. The van der Waals surface area contributed by atoms with Crippen LogP contribution in [0.15, 0.2) is 18.2 Å². The number of amides is 1. The fourth-order valence-corrected chi connectivity index (χ4v) is 1.33. The summed E-state index contributed by atoms with van der Waals surface area (Å²) in [5.74, 6) is -0.290. The standard InChI is InChI=1S/C11H15N3O4/c1-7(12)6-13-11(15)8-3-4-10(18-2)9(5-8)14(16)17/h3-5,7H,6,12H2,1-2H3,(H,13,15). The molecule has 0 bridgehead atoms. The average molecular weight is 253 g/mol. The van der Waals surface area contributed by atoms with E-state index in [1.807, 2.05) is 0 Å². The lowest BCUT2D eigenvalue weighted by atomic mass is 10.1. The van der Waals surface area contributed by atoms with Crippen LogP contribution in [-0.2, 0) is 0 Å². The van der Waals surface area contributed by atoms with E-state index < -0.39 is 10.8 Å². The molecule has 0 saturated heterocycles. The second kappa shape index (κ2) is 5.97. The topological polar surface area (TPSA) is 107 Å². The van der Waals surface area contributed by atoms with Crippen molar-refractivity contribution in [3.05, 3.63) is 33.9 Å². The van der Waals surface area contributed by atoms with E-state index in [0.29, 0.717) is 6.54 Å². The normalized spacial score (nSPS) is 11.7. The van der Waals surface area contributed by atoms with Crippen LogP contribution in [0.5, 0.6) is 5.75 Å². The minimum atomic E-state index is -0.596. The third-order valence-corrected chi connectivity index (χ3v) is 2.22. The number of nitrogens with two attached hydrogens (primary N) is 1. The molecule has 0 aliphatic carbocycles. The molecule has 0 spiro atoms. The van der Waals surface area contributed by atoms with E-state index in [1.54, 1.807) is 6.92 Å². The van der Waals surface area contributed by atoms with Gasteiger partial charge in [-0.3, -0.25) is 14.9 Å². The number of rotatable bonds is 5. The average Bonchev–Trinajstić information content (AvgIpc) is 2.34. The highest BCUT2D eigenvalue weighted by atomic mass is 16.6. The quantitative estimate of drug-likeness (QED) is 0.592. The van der Waals surface area contributed by atoms with E-state index in [2.05, 4.69) is 5.32 Å². The van der Waals surface area contributed by atoms with Crippen molar-refractivity contribution in [2.45, 2.75) is 13.0 Å². The molecule has 1 aromatic carbocycles. The molecule has 0 aromatic heterocycles. The fraction of sp³-hybridized carbons (Fsp3) is 0.364. The predicted octanol–water partition coefficient (Wildman–Crippen LogP) is 0.680. The highest BCUT2D eigenvalue weighted by Crippen LogP contribution is 2.27. The molecule has 0 fully saturated rings. The summed E-state index contributed by atoms with van der Waals surface area (Å²) in [7, 11) is 1.33. The van der Waals surface area contributed by atoms with E-state index in [-0.39, 0.29) is 23.0 Å². The Labute approximate surface area is 104 Å². The first kappa shape index (κ1) is 13.9. The van der Waals surface area contributed by atoms with Gasteiger partial charge in [0.1, 0.15) is 0 Å². The first-order valence-electron chi connectivity index (χ1n) is 5.32. The van der Waals surface area contributed by atoms with Gasteiger partial charge in [-0.1, -0.05) is 0 Å². The molecule has 3 N–H and O–H groups in total. The second-order valence-corrected chi connectivity index (χ2v) is 3.83. The number of ether oxygens (including phenoxy) is 1. The number of carbonyl (C=O) groups is 1. The molecule has 7 nitrogen and oxygen atoms in total. The highest BCUT2D eigenvalue weighted by Gasteiger charge is 2.18. The Morgan fingerprint density at radius 2 is 2.28 bits per heavy atom. The van der Waals surface area contributed by atoms with Crippen LogP contribution in [0, 0.1) is 10.1 Å². The van der Waals surface area contributed by atoms with E-state index >= 15 is 0 Å². The maximum Gasteiger partial charge on any atom is 0.311 e. The van der Waals surface area contributed by atoms with Crippen LogP contribution >= 0.6 is 0 Å². The lowest BCUT2D eigenvalue weighted by Gasteiger charge is -2.08. The Morgan fingerprint density at radius 3 is 2.78 bits per heavy atom. The van der Waals surface area contributed by atoms with Crippen LogP contribution in [0.4, 0.5) is 5.69 Å². The van der Waals surface area contributed by atoms with Crippen molar-refractivity contribution in [1.82, 2.24) is 5.32 Å². The summed E-state index contributed by atoms with van der Waals surface area (Å²) in [6.07, 6.45) is 0. The summed E-state index contributed by atoms with van der Waals surface area (Å²) in [4.78, 5) is 21.9. The largest absolute Gasteiger partial charge is 0.490 e. The molecule has 0 aliphatic heterocycles. The van der Waals surface area contributed by atoms with Gasteiger partial charge in [0, 0.05) is 24.2 Å². The van der Waals surface area contributed by atoms with Gasteiger partial charge in [-0.25, -0.2) is 0 Å². The summed E-state index contributed by atoms with van der Waals surface area (Å²) in [5.41, 5.74) is 5.45. The fourth-order valence-electron chi connectivity index (χ4n) is 1.33. The molecule has 7 heteroatoms. The molecule has 1 atom stereocenters. The summed E-state index contributed by atoms with van der Waals surface area (Å²) in [6.45, 7) is 2.05. The van der Waals surface area contributed by atoms with Gasteiger partial charge in [0.15, 0.2) is 5.75 Å². The molecule has 1 unspecified atom stereocenters. The molecule has 1 amide bonds. The van der Waals surface area contributed by atoms with Crippen molar-refractivity contribution in [3.8, 4) is 5.75 Å². The Balaban J connectivity index is 2.94. The Morgan fingerprint density at radius 1 is 1.61 bits per heavy atom. The van der Waals surface area contributed by atoms with Gasteiger partial charge in [-0.2, -0.15) is 0 Å². The predicted molar refractivity (Wildman–Crippen MR) is 65.6 cm³/mol. The first-order chi connectivity index (χ1) is 8.45.